The number of nitrogens with one attached hydrogen (secondary N) is 1. The topological polar surface area (TPSA) is 101 Å². The number of benzene rings is 1. The molecule has 8 nitrogen and oxygen atoms in total. The lowest BCUT2D eigenvalue weighted by Gasteiger charge is -2.32. The predicted octanol–water partition coefficient (Wildman–Crippen LogP) is 2.69. The van der Waals surface area contributed by atoms with Crippen molar-refractivity contribution < 1.29 is 14.7 Å². The molecule has 9 heteroatoms. The monoisotopic (exact) mass is 356 g/mol. The molecule has 2 N–H and O–H groups in total. The molecule has 1 aliphatic rings. The van der Waals surface area contributed by atoms with Crippen LogP contribution in [0, 0.1) is 10.1 Å². The molecule has 0 aliphatic carbocycles. The van der Waals surface area contributed by atoms with Crippen LogP contribution in [0.15, 0.2) is 42.6 Å². The minimum absolute atomic E-state index is 0.0716. The highest BCUT2D eigenvalue weighted by atomic mass is 16.6. The first kappa shape index (κ1) is 18.2. The average molecular weight is 356 g/mol. The number of hydrogen-bond donors (Lipinski definition) is 2. The van der Waals surface area contributed by atoms with E-state index in [0.29, 0.717) is 5.69 Å². The van der Waals surface area contributed by atoms with E-state index in [1.165, 1.54) is 18.3 Å². The van der Waals surface area contributed by atoms with Crippen molar-refractivity contribution in [2.24, 2.45) is 0 Å². The third-order valence-electron chi connectivity index (χ3n) is 4.41. The number of nitro groups is 1. The standard InChI is InChI=1S/C17H21BN4O4/c1-18(23)21-11-8-15(9-12-21)26-14-6-4-13(5-7-14)20-17-16(22(24)25)3-2-10-19-17/h2-7,10,15,23H,8-9,11-12H2,1H3,(H,19,20). The van der Waals surface area contributed by atoms with E-state index in [1.807, 2.05) is 16.9 Å². The Morgan fingerprint density at radius 1 is 1.31 bits per heavy atom. The number of piperidine rings is 1. The fraction of sp³-hybridized carbons (Fsp3) is 0.353. The van der Waals surface area contributed by atoms with Gasteiger partial charge in [0.2, 0.25) is 5.82 Å². The summed E-state index contributed by atoms with van der Waals surface area (Å²) in [5.74, 6) is 0.957. The summed E-state index contributed by atoms with van der Waals surface area (Å²) in [4.78, 5) is 16.6. The van der Waals surface area contributed by atoms with Crippen LogP contribution in [0.5, 0.6) is 5.75 Å². The fourth-order valence-corrected chi connectivity index (χ4v) is 2.95. The van der Waals surface area contributed by atoms with Gasteiger partial charge in [-0.2, -0.15) is 0 Å². The highest BCUT2D eigenvalue weighted by Gasteiger charge is 2.24. The van der Waals surface area contributed by atoms with Gasteiger partial charge in [0.05, 0.1) is 4.92 Å². The second-order valence-electron chi connectivity index (χ2n) is 6.26. The maximum absolute atomic E-state index is 11.0. The highest BCUT2D eigenvalue weighted by Crippen LogP contribution is 2.26. The van der Waals surface area contributed by atoms with Crippen molar-refractivity contribution in [1.29, 1.82) is 0 Å². The van der Waals surface area contributed by atoms with Crippen LogP contribution in [0.25, 0.3) is 0 Å². The summed E-state index contributed by atoms with van der Waals surface area (Å²) < 4.78 is 5.99. The maximum Gasteiger partial charge on any atom is 0.376 e. The van der Waals surface area contributed by atoms with E-state index in [-0.39, 0.29) is 17.6 Å². The maximum atomic E-state index is 11.0. The molecule has 1 aromatic heterocycles. The SMILES string of the molecule is CB(O)N1CCC(Oc2ccc(Nc3ncccc3[N+](=O)[O-])cc2)CC1. The molecule has 3 rings (SSSR count). The Balaban J connectivity index is 1.59. The second kappa shape index (κ2) is 8.16. The van der Waals surface area contributed by atoms with Gasteiger partial charge in [-0.15, -0.1) is 0 Å². The summed E-state index contributed by atoms with van der Waals surface area (Å²) in [5.41, 5.74) is 0.626. The van der Waals surface area contributed by atoms with Crippen molar-refractivity contribution in [3.8, 4) is 5.75 Å². The summed E-state index contributed by atoms with van der Waals surface area (Å²) >= 11 is 0. The average Bonchev–Trinajstić information content (AvgIpc) is 2.64. The lowest BCUT2D eigenvalue weighted by molar-refractivity contribution is -0.384. The van der Waals surface area contributed by atoms with Crippen LogP contribution in [0.4, 0.5) is 17.2 Å². The Kier molecular flexibility index (Phi) is 5.70. The minimum Gasteiger partial charge on any atom is -0.490 e. The van der Waals surface area contributed by atoms with E-state index in [2.05, 4.69) is 10.3 Å². The summed E-state index contributed by atoms with van der Waals surface area (Å²) in [5, 5.41) is 23.6. The van der Waals surface area contributed by atoms with Crippen LogP contribution in [-0.2, 0) is 0 Å². The van der Waals surface area contributed by atoms with Crippen LogP contribution >= 0.6 is 0 Å². The lowest BCUT2D eigenvalue weighted by atomic mass is 9.82. The molecule has 2 heterocycles. The minimum atomic E-state index is -0.466. The molecule has 1 fully saturated rings. The zero-order chi connectivity index (χ0) is 18.5. The van der Waals surface area contributed by atoms with E-state index < -0.39 is 12.0 Å². The van der Waals surface area contributed by atoms with E-state index in [9.17, 15) is 15.1 Å². The summed E-state index contributed by atoms with van der Waals surface area (Å²) in [7, 11) is -0.419. The molecular formula is C17H21BN4O4. The largest absolute Gasteiger partial charge is 0.490 e. The molecule has 26 heavy (non-hydrogen) atoms. The zero-order valence-electron chi connectivity index (χ0n) is 14.5. The van der Waals surface area contributed by atoms with Crippen LogP contribution in [-0.4, -0.2) is 46.0 Å². The van der Waals surface area contributed by atoms with Crippen molar-refractivity contribution in [2.45, 2.75) is 25.8 Å². The van der Waals surface area contributed by atoms with Gasteiger partial charge in [-0.3, -0.25) is 10.1 Å². The molecule has 0 amide bonds. The van der Waals surface area contributed by atoms with E-state index in [4.69, 9.17) is 4.74 Å². The molecule has 0 unspecified atom stereocenters. The molecule has 1 aliphatic heterocycles. The number of ether oxygens (including phenoxy) is 1. The Labute approximate surface area is 152 Å². The molecule has 0 bridgehead atoms. The van der Waals surface area contributed by atoms with E-state index in [0.717, 1.165) is 31.7 Å². The van der Waals surface area contributed by atoms with Gasteiger partial charge in [0.1, 0.15) is 11.9 Å². The number of anilines is 2. The van der Waals surface area contributed by atoms with Gasteiger partial charge >= 0.3 is 12.7 Å². The Bertz CT molecular complexity index is 749. The van der Waals surface area contributed by atoms with Crippen molar-refractivity contribution >= 4 is 24.2 Å². The molecule has 2 aromatic rings. The normalized spacial score (nSPS) is 15.5. The first-order valence-electron chi connectivity index (χ1n) is 8.58. The van der Waals surface area contributed by atoms with Crippen LogP contribution < -0.4 is 10.1 Å². The summed E-state index contributed by atoms with van der Waals surface area (Å²) in [6.45, 7) is 3.40. The molecule has 0 spiro atoms. The van der Waals surface area contributed by atoms with Gasteiger partial charge < -0.3 is 19.9 Å². The smallest absolute Gasteiger partial charge is 0.376 e. The summed E-state index contributed by atoms with van der Waals surface area (Å²) in [6, 6.07) is 10.2. The third-order valence-corrected chi connectivity index (χ3v) is 4.41. The van der Waals surface area contributed by atoms with Gasteiger partial charge in [-0.05, 0) is 63.1 Å². The van der Waals surface area contributed by atoms with Gasteiger partial charge in [0, 0.05) is 18.0 Å². The summed E-state index contributed by atoms with van der Waals surface area (Å²) in [6.07, 6.45) is 3.36. The molecule has 0 saturated carbocycles. The van der Waals surface area contributed by atoms with E-state index in [1.54, 1.807) is 19.0 Å². The Morgan fingerprint density at radius 3 is 2.62 bits per heavy atom. The first-order valence-corrected chi connectivity index (χ1v) is 8.58. The number of rotatable bonds is 6. The first-order chi connectivity index (χ1) is 12.5. The molecule has 0 atom stereocenters. The van der Waals surface area contributed by atoms with Gasteiger partial charge in [0.25, 0.3) is 0 Å². The van der Waals surface area contributed by atoms with Gasteiger partial charge in [-0.1, -0.05) is 0 Å². The molecule has 1 aromatic carbocycles. The van der Waals surface area contributed by atoms with Gasteiger partial charge in [-0.25, -0.2) is 4.98 Å². The van der Waals surface area contributed by atoms with Crippen molar-refractivity contribution in [2.75, 3.05) is 18.4 Å². The number of nitrogens with zero attached hydrogens (tertiary/aromatic N) is 3. The lowest BCUT2D eigenvalue weighted by Crippen LogP contribution is -2.45. The number of aromatic nitrogens is 1. The van der Waals surface area contributed by atoms with Crippen molar-refractivity contribution in [3.63, 3.8) is 0 Å². The van der Waals surface area contributed by atoms with Crippen LogP contribution in [0.1, 0.15) is 12.8 Å². The molecule has 0 radical (unpaired) electrons. The zero-order valence-corrected chi connectivity index (χ0v) is 14.5. The Morgan fingerprint density at radius 2 is 2.00 bits per heavy atom. The van der Waals surface area contributed by atoms with Crippen LogP contribution in [0.2, 0.25) is 6.82 Å². The number of hydrogen-bond acceptors (Lipinski definition) is 7. The third kappa shape index (κ3) is 4.50. The van der Waals surface area contributed by atoms with E-state index >= 15 is 0 Å². The van der Waals surface area contributed by atoms with Crippen molar-refractivity contribution in [3.05, 3.63) is 52.7 Å². The Hall–Kier alpha value is -2.65. The molecule has 136 valence electrons. The number of pyridine rings is 1. The predicted molar refractivity (Wildman–Crippen MR) is 99.7 cm³/mol. The highest BCUT2D eigenvalue weighted by molar-refractivity contribution is 6.45. The van der Waals surface area contributed by atoms with Crippen molar-refractivity contribution in [1.82, 2.24) is 9.79 Å². The van der Waals surface area contributed by atoms with Gasteiger partial charge in [0.15, 0.2) is 0 Å². The van der Waals surface area contributed by atoms with Crippen LogP contribution in [0.3, 0.4) is 0 Å². The quantitative estimate of drug-likeness (QED) is 0.466. The molecular weight excluding hydrogens is 335 g/mol. The molecule has 1 saturated heterocycles. The second-order valence-corrected chi connectivity index (χ2v) is 6.26. The fourth-order valence-electron chi connectivity index (χ4n) is 2.95.